The number of hydrazone groups is 1. The summed E-state index contributed by atoms with van der Waals surface area (Å²) in [5.74, 6) is 0.168. The van der Waals surface area contributed by atoms with Crippen molar-refractivity contribution in [2.24, 2.45) is 11.0 Å². The first kappa shape index (κ1) is 21.1. The molecule has 10 heteroatoms. The Kier molecular flexibility index (Phi) is 5.94. The van der Waals surface area contributed by atoms with Gasteiger partial charge in [-0.25, -0.2) is 5.43 Å². The van der Waals surface area contributed by atoms with Crippen molar-refractivity contribution < 1.29 is 22.7 Å². The Hall–Kier alpha value is -3.58. The number of rotatable bonds is 6. The molecule has 156 valence electrons. The first-order valence-electron chi connectivity index (χ1n) is 8.95. The standard InChI is InChI=1S/C20H20N4O5S/c1-13-10-19(25)22-23-20(13)14-4-6-15(7-5-14)24(12-21)30(26,27)18-11-16(28-2)8-9-17(18)29-3/h4-9,11,13H,10H2,1-3H3,(H,22,25). The van der Waals surface area contributed by atoms with E-state index in [9.17, 15) is 18.5 Å². The molecule has 2 aromatic rings. The van der Waals surface area contributed by atoms with Crippen molar-refractivity contribution in [2.45, 2.75) is 18.2 Å². The summed E-state index contributed by atoms with van der Waals surface area (Å²) in [5, 5.41) is 13.7. The Balaban J connectivity index is 1.99. The molecular weight excluding hydrogens is 408 g/mol. The Bertz CT molecular complexity index is 1140. The third-order valence-electron chi connectivity index (χ3n) is 4.64. The van der Waals surface area contributed by atoms with Crippen LogP contribution < -0.4 is 19.2 Å². The molecule has 0 bridgehead atoms. The Morgan fingerprint density at radius 3 is 2.43 bits per heavy atom. The summed E-state index contributed by atoms with van der Waals surface area (Å²) in [6.45, 7) is 1.88. The summed E-state index contributed by atoms with van der Waals surface area (Å²) in [4.78, 5) is 11.2. The quantitative estimate of drug-likeness (QED) is 0.556. The zero-order valence-electron chi connectivity index (χ0n) is 16.6. The topological polar surface area (TPSA) is 121 Å². The molecule has 1 amide bonds. The summed E-state index contributed by atoms with van der Waals surface area (Å²) < 4.78 is 37.2. The molecule has 2 aromatic carbocycles. The number of sulfonamides is 1. The molecule has 0 saturated carbocycles. The van der Waals surface area contributed by atoms with Gasteiger partial charge in [-0.1, -0.05) is 19.1 Å². The largest absolute Gasteiger partial charge is 0.497 e. The summed E-state index contributed by atoms with van der Waals surface area (Å²) in [6, 6.07) is 10.7. The van der Waals surface area contributed by atoms with Crippen LogP contribution in [0, 0.1) is 17.4 Å². The van der Waals surface area contributed by atoms with Crippen LogP contribution in [0.4, 0.5) is 5.69 Å². The molecule has 1 aliphatic heterocycles. The van der Waals surface area contributed by atoms with Crippen LogP contribution in [0.1, 0.15) is 18.9 Å². The summed E-state index contributed by atoms with van der Waals surface area (Å²) in [6.07, 6.45) is 2.04. The number of nitrogens with zero attached hydrogens (tertiary/aromatic N) is 3. The zero-order valence-corrected chi connectivity index (χ0v) is 17.4. The van der Waals surface area contributed by atoms with Crippen LogP contribution in [0.25, 0.3) is 0 Å². The van der Waals surface area contributed by atoms with Crippen molar-refractivity contribution in [1.29, 1.82) is 5.26 Å². The Morgan fingerprint density at radius 1 is 1.17 bits per heavy atom. The average molecular weight is 428 g/mol. The van der Waals surface area contributed by atoms with E-state index in [0.29, 0.717) is 22.2 Å². The van der Waals surface area contributed by atoms with E-state index in [-0.39, 0.29) is 28.2 Å². The van der Waals surface area contributed by atoms with E-state index in [0.717, 1.165) is 5.56 Å². The molecule has 0 fully saturated rings. The van der Waals surface area contributed by atoms with Gasteiger partial charge in [0.1, 0.15) is 16.4 Å². The van der Waals surface area contributed by atoms with E-state index in [1.807, 2.05) is 6.92 Å². The average Bonchev–Trinajstić information content (AvgIpc) is 2.74. The summed E-state index contributed by atoms with van der Waals surface area (Å²) >= 11 is 0. The van der Waals surface area contributed by atoms with Crippen LogP contribution in [-0.4, -0.2) is 34.3 Å². The highest BCUT2D eigenvalue weighted by Gasteiger charge is 2.30. The van der Waals surface area contributed by atoms with Gasteiger partial charge in [-0.2, -0.15) is 23.1 Å². The third kappa shape index (κ3) is 3.92. The number of nitrogens with one attached hydrogen (secondary N) is 1. The number of benzene rings is 2. The summed E-state index contributed by atoms with van der Waals surface area (Å²) in [5.41, 5.74) is 4.00. The van der Waals surface area contributed by atoms with Crippen LogP contribution in [0.5, 0.6) is 11.5 Å². The number of methoxy groups -OCH3 is 2. The predicted octanol–water partition coefficient (Wildman–Crippen LogP) is 2.24. The van der Waals surface area contributed by atoms with Crippen molar-refractivity contribution in [3.63, 3.8) is 0 Å². The number of carbonyl (C=O) groups is 1. The lowest BCUT2D eigenvalue weighted by Gasteiger charge is -2.21. The van der Waals surface area contributed by atoms with Crippen molar-refractivity contribution in [3.8, 4) is 17.7 Å². The van der Waals surface area contributed by atoms with Gasteiger partial charge < -0.3 is 9.47 Å². The number of hydrogen-bond donors (Lipinski definition) is 1. The highest BCUT2D eigenvalue weighted by atomic mass is 32.2. The van der Waals surface area contributed by atoms with Gasteiger partial charge in [0.15, 0.2) is 6.19 Å². The van der Waals surface area contributed by atoms with Crippen molar-refractivity contribution >= 4 is 27.3 Å². The highest BCUT2D eigenvalue weighted by molar-refractivity contribution is 7.93. The van der Waals surface area contributed by atoms with Crippen LogP contribution >= 0.6 is 0 Å². The molecule has 0 spiro atoms. The molecule has 9 nitrogen and oxygen atoms in total. The molecule has 0 aliphatic carbocycles. The van der Waals surface area contributed by atoms with Gasteiger partial charge in [0.05, 0.1) is 25.6 Å². The van der Waals surface area contributed by atoms with E-state index >= 15 is 0 Å². The van der Waals surface area contributed by atoms with Gasteiger partial charge in [-0.05, 0) is 29.8 Å². The lowest BCUT2D eigenvalue weighted by molar-refractivity contribution is -0.121. The molecule has 0 radical (unpaired) electrons. The molecule has 1 aliphatic rings. The van der Waals surface area contributed by atoms with Gasteiger partial charge in [0, 0.05) is 18.4 Å². The van der Waals surface area contributed by atoms with Crippen LogP contribution in [-0.2, 0) is 14.8 Å². The van der Waals surface area contributed by atoms with E-state index < -0.39 is 10.0 Å². The maximum Gasteiger partial charge on any atom is 0.280 e. The number of ether oxygens (including phenoxy) is 2. The fourth-order valence-electron chi connectivity index (χ4n) is 3.10. The predicted molar refractivity (Wildman–Crippen MR) is 110 cm³/mol. The van der Waals surface area contributed by atoms with Gasteiger partial charge in [-0.3, -0.25) is 4.79 Å². The van der Waals surface area contributed by atoms with Gasteiger partial charge in [-0.15, -0.1) is 0 Å². The van der Waals surface area contributed by atoms with Crippen molar-refractivity contribution in [3.05, 3.63) is 48.0 Å². The van der Waals surface area contributed by atoms with Crippen LogP contribution in [0.15, 0.2) is 52.5 Å². The maximum absolute atomic E-state index is 13.2. The third-order valence-corrected chi connectivity index (χ3v) is 6.28. The van der Waals surface area contributed by atoms with E-state index in [4.69, 9.17) is 9.47 Å². The molecular formula is C20H20N4O5S. The van der Waals surface area contributed by atoms with Gasteiger partial charge in [0.2, 0.25) is 5.91 Å². The van der Waals surface area contributed by atoms with Crippen molar-refractivity contribution in [2.75, 3.05) is 18.5 Å². The first-order valence-corrected chi connectivity index (χ1v) is 10.4. The Labute approximate surface area is 174 Å². The number of anilines is 1. The second kappa shape index (κ2) is 8.42. The normalized spacial score (nSPS) is 16.1. The SMILES string of the molecule is COc1ccc(OC)c(S(=O)(=O)N(C#N)c2ccc(C3=NNC(=O)CC3C)cc2)c1. The summed E-state index contributed by atoms with van der Waals surface area (Å²) in [7, 11) is -1.50. The first-order chi connectivity index (χ1) is 14.3. The van der Waals surface area contributed by atoms with Crippen molar-refractivity contribution in [1.82, 2.24) is 5.43 Å². The van der Waals surface area contributed by atoms with Crippen LogP contribution in [0.2, 0.25) is 0 Å². The Morgan fingerprint density at radius 2 is 1.87 bits per heavy atom. The lowest BCUT2D eigenvalue weighted by atomic mass is 9.94. The molecule has 1 heterocycles. The van der Waals surface area contributed by atoms with Gasteiger partial charge >= 0.3 is 0 Å². The zero-order chi connectivity index (χ0) is 21.9. The van der Waals surface area contributed by atoms with E-state index in [1.54, 1.807) is 24.4 Å². The fourth-order valence-corrected chi connectivity index (χ4v) is 4.48. The second-order valence-corrected chi connectivity index (χ2v) is 8.33. The molecule has 30 heavy (non-hydrogen) atoms. The second-order valence-electron chi connectivity index (χ2n) is 6.57. The fraction of sp³-hybridized carbons (Fsp3) is 0.250. The minimum absolute atomic E-state index is 0.0820. The van der Waals surface area contributed by atoms with E-state index in [1.165, 1.54) is 38.5 Å². The van der Waals surface area contributed by atoms with Gasteiger partial charge in [0.25, 0.3) is 10.0 Å². The lowest BCUT2D eigenvalue weighted by Crippen LogP contribution is -2.32. The monoisotopic (exact) mass is 428 g/mol. The number of hydrogen-bond acceptors (Lipinski definition) is 7. The minimum Gasteiger partial charge on any atom is -0.497 e. The smallest absolute Gasteiger partial charge is 0.280 e. The number of amides is 1. The number of nitriles is 1. The van der Waals surface area contributed by atoms with E-state index in [2.05, 4.69) is 10.5 Å². The molecule has 0 aromatic heterocycles. The molecule has 0 saturated heterocycles. The number of carbonyl (C=O) groups excluding carboxylic acids is 1. The maximum atomic E-state index is 13.2. The highest BCUT2D eigenvalue weighted by Crippen LogP contribution is 2.33. The molecule has 1 N–H and O–H groups in total. The molecule has 3 rings (SSSR count). The van der Waals surface area contributed by atoms with Crippen LogP contribution in [0.3, 0.4) is 0 Å². The molecule has 1 atom stereocenters. The minimum atomic E-state index is -4.26. The molecule has 1 unspecified atom stereocenters.